The van der Waals surface area contributed by atoms with Gasteiger partial charge in [-0.3, -0.25) is 4.98 Å². The van der Waals surface area contributed by atoms with Gasteiger partial charge in [-0.2, -0.15) is 5.10 Å². The first-order valence-corrected chi connectivity index (χ1v) is 10.8. The lowest BCUT2D eigenvalue weighted by Crippen LogP contribution is -2.07. The number of carboxylic acid groups (broad SMARTS) is 1. The first-order chi connectivity index (χ1) is 14.6. The molecule has 3 rings (SSSR count). The van der Waals surface area contributed by atoms with Crippen LogP contribution in [0.3, 0.4) is 0 Å². The Morgan fingerprint density at radius 3 is 2.47 bits per heavy atom. The van der Waals surface area contributed by atoms with Crippen LogP contribution < -0.4 is 0 Å². The van der Waals surface area contributed by atoms with Crippen molar-refractivity contribution in [2.24, 2.45) is 0 Å². The largest absolute Gasteiger partial charge is 0.478 e. The molecule has 0 saturated carbocycles. The third-order valence-corrected chi connectivity index (χ3v) is 5.20. The predicted octanol–water partition coefficient (Wildman–Crippen LogP) is 5.16. The van der Waals surface area contributed by atoms with Gasteiger partial charge in [-0.05, 0) is 35.6 Å². The Hall–Kier alpha value is -3.02. The molecule has 0 spiro atoms. The molecule has 0 fully saturated rings. The number of nitrogens with zero attached hydrogens (tertiary/aromatic N) is 4. The Morgan fingerprint density at radius 1 is 1.00 bits per heavy atom. The maximum atomic E-state index is 11.5. The molecule has 6 heteroatoms. The van der Waals surface area contributed by atoms with Gasteiger partial charge < -0.3 is 5.11 Å². The predicted molar refractivity (Wildman–Crippen MR) is 118 cm³/mol. The van der Waals surface area contributed by atoms with Crippen LogP contribution in [0.25, 0.3) is 11.1 Å². The fourth-order valence-corrected chi connectivity index (χ4v) is 3.49. The highest BCUT2D eigenvalue weighted by Crippen LogP contribution is 2.24. The summed E-state index contributed by atoms with van der Waals surface area (Å²) in [5.41, 5.74) is 2.87. The number of hydrogen-bond acceptors (Lipinski definition) is 4. The normalized spacial score (nSPS) is 11.0. The second-order valence-electron chi connectivity index (χ2n) is 7.59. The molecule has 2 aromatic heterocycles. The standard InChI is InChI=1S/C24H30N4O2/c1-3-5-7-9-23-26-22(8-6-4-2)27-28(23)17-18-10-12-19(13-11-18)20-14-15-25-16-21(20)24(29)30/h10-16H,3-9,17H2,1-2H3,(H,29,30). The van der Waals surface area contributed by atoms with Crippen molar-refractivity contribution in [1.29, 1.82) is 0 Å². The number of pyridine rings is 1. The maximum Gasteiger partial charge on any atom is 0.337 e. The molecular weight excluding hydrogens is 376 g/mol. The molecule has 0 aliphatic rings. The summed E-state index contributed by atoms with van der Waals surface area (Å²) in [6.45, 7) is 5.06. The van der Waals surface area contributed by atoms with Gasteiger partial charge in [0.15, 0.2) is 5.82 Å². The molecule has 0 bridgehead atoms. The van der Waals surface area contributed by atoms with Crippen LogP contribution in [-0.2, 0) is 19.4 Å². The fourth-order valence-electron chi connectivity index (χ4n) is 3.49. The molecule has 2 heterocycles. The minimum absolute atomic E-state index is 0.209. The molecule has 1 aromatic carbocycles. The maximum absolute atomic E-state index is 11.5. The number of hydrogen-bond donors (Lipinski definition) is 1. The number of carbonyl (C=O) groups is 1. The zero-order chi connectivity index (χ0) is 21.3. The lowest BCUT2D eigenvalue weighted by Gasteiger charge is -2.09. The van der Waals surface area contributed by atoms with Crippen molar-refractivity contribution in [1.82, 2.24) is 19.7 Å². The van der Waals surface area contributed by atoms with Gasteiger partial charge in [0, 0.05) is 25.2 Å². The van der Waals surface area contributed by atoms with Crippen LogP contribution in [0.5, 0.6) is 0 Å². The molecule has 3 aromatic rings. The van der Waals surface area contributed by atoms with E-state index in [1.807, 2.05) is 28.9 Å². The molecule has 0 atom stereocenters. The molecule has 0 unspecified atom stereocenters. The lowest BCUT2D eigenvalue weighted by atomic mass is 10.0. The summed E-state index contributed by atoms with van der Waals surface area (Å²) in [5, 5.41) is 14.2. The quantitative estimate of drug-likeness (QED) is 0.445. The van der Waals surface area contributed by atoms with E-state index < -0.39 is 5.97 Å². The van der Waals surface area contributed by atoms with E-state index in [1.54, 1.807) is 12.3 Å². The van der Waals surface area contributed by atoms with Crippen LogP contribution in [0.15, 0.2) is 42.7 Å². The summed E-state index contributed by atoms with van der Waals surface area (Å²) in [6.07, 6.45) is 10.6. The molecule has 1 N–H and O–H groups in total. The zero-order valence-corrected chi connectivity index (χ0v) is 17.8. The van der Waals surface area contributed by atoms with Gasteiger partial charge >= 0.3 is 5.97 Å². The van der Waals surface area contributed by atoms with Crippen LogP contribution in [0.1, 0.15) is 73.5 Å². The minimum atomic E-state index is -0.971. The molecule has 0 radical (unpaired) electrons. The van der Waals surface area contributed by atoms with Crippen LogP contribution >= 0.6 is 0 Å². The Balaban J connectivity index is 1.79. The van der Waals surface area contributed by atoms with Gasteiger partial charge in [0.1, 0.15) is 5.82 Å². The monoisotopic (exact) mass is 406 g/mol. The third-order valence-electron chi connectivity index (χ3n) is 5.20. The summed E-state index contributed by atoms with van der Waals surface area (Å²) >= 11 is 0. The van der Waals surface area contributed by atoms with E-state index in [0.29, 0.717) is 12.1 Å². The van der Waals surface area contributed by atoms with Crippen LogP contribution in [-0.4, -0.2) is 30.8 Å². The van der Waals surface area contributed by atoms with Crippen molar-refractivity contribution in [3.8, 4) is 11.1 Å². The highest BCUT2D eigenvalue weighted by molar-refractivity contribution is 5.95. The van der Waals surface area contributed by atoms with Crippen LogP contribution in [0.4, 0.5) is 0 Å². The zero-order valence-electron chi connectivity index (χ0n) is 17.8. The van der Waals surface area contributed by atoms with Crippen molar-refractivity contribution >= 4 is 5.97 Å². The second kappa shape index (κ2) is 10.7. The number of aromatic nitrogens is 4. The van der Waals surface area contributed by atoms with E-state index in [2.05, 4.69) is 18.8 Å². The number of benzene rings is 1. The van der Waals surface area contributed by atoms with Gasteiger partial charge in [-0.25, -0.2) is 14.5 Å². The van der Waals surface area contributed by atoms with E-state index in [1.165, 1.54) is 19.0 Å². The molecule has 30 heavy (non-hydrogen) atoms. The van der Waals surface area contributed by atoms with Crippen molar-refractivity contribution in [3.63, 3.8) is 0 Å². The molecule has 0 amide bonds. The summed E-state index contributed by atoms with van der Waals surface area (Å²) in [5.74, 6) is 1.02. The summed E-state index contributed by atoms with van der Waals surface area (Å²) in [4.78, 5) is 20.2. The number of carboxylic acids is 1. The molecule has 0 saturated heterocycles. The van der Waals surface area contributed by atoms with E-state index in [-0.39, 0.29) is 5.56 Å². The second-order valence-corrected chi connectivity index (χ2v) is 7.59. The summed E-state index contributed by atoms with van der Waals surface area (Å²) in [7, 11) is 0. The Bertz CT molecular complexity index is 964. The van der Waals surface area contributed by atoms with Crippen molar-refractivity contribution in [2.45, 2.75) is 65.3 Å². The Morgan fingerprint density at radius 2 is 1.77 bits per heavy atom. The minimum Gasteiger partial charge on any atom is -0.478 e. The molecule has 0 aliphatic carbocycles. The van der Waals surface area contributed by atoms with Gasteiger partial charge in [0.25, 0.3) is 0 Å². The van der Waals surface area contributed by atoms with Crippen LogP contribution in [0.2, 0.25) is 0 Å². The van der Waals surface area contributed by atoms with Crippen molar-refractivity contribution < 1.29 is 9.90 Å². The number of rotatable bonds is 11. The topological polar surface area (TPSA) is 80.9 Å². The van der Waals surface area contributed by atoms with Crippen molar-refractivity contribution in [3.05, 3.63) is 65.5 Å². The Kier molecular flexibility index (Phi) is 7.71. The number of aromatic carboxylic acids is 1. The van der Waals surface area contributed by atoms with Gasteiger partial charge in [0.2, 0.25) is 0 Å². The van der Waals surface area contributed by atoms with E-state index >= 15 is 0 Å². The summed E-state index contributed by atoms with van der Waals surface area (Å²) in [6, 6.07) is 9.72. The molecule has 6 nitrogen and oxygen atoms in total. The molecule has 158 valence electrons. The van der Waals surface area contributed by atoms with Gasteiger partial charge in [-0.1, -0.05) is 57.4 Å². The van der Waals surface area contributed by atoms with Gasteiger partial charge in [0.05, 0.1) is 12.1 Å². The van der Waals surface area contributed by atoms with Gasteiger partial charge in [-0.15, -0.1) is 0 Å². The van der Waals surface area contributed by atoms with E-state index in [0.717, 1.165) is 54.9 Å². The lowest BCUT2D eigenvalue weighted by molar-refractivity contribution is 0.0697. The fraction of sp³-hybridized carbons (Fsp3) is 0.417. The SMILES string of the molecule is CCCCCc1nc(CCCC)nn1Cc1ccc(-c2ccncc2C(=O)O)cc1. The average molecular weight is 407 g/mol. The highest BCUT2D eigenvalue weighted by atomic mass is 16.4. The Labute approximate surface area is 178 Å². The first kappa shape index (κ1) is 21.7. The third kappa shape index (κ3) is 5.53. The first-order valence-electron chi connectivity index (χ1n) is 10.8. The molecule has 0 aliphatic heterocycles. The smallest absolute Gasteiger partial charge is 0.337 e. The summed E-state index contributed by atoms with van der Waals surface area (Å²) < 4.78 is 2.03. The number of unbranched alkanes of at least 4 members (excludes halogenated alkanes) is 3. The van der Waals surface area contributed by atoms with E-state index in [9.17, 15) is 9.90 Å². The van der Waals surface area contributed by atoms with Crippen LogP contribution in [0, 0.1) is 0 Å². The average Bonchev–Trinajstić information content (AvgIpc) is 3.14. The molecular formula is C24H30N4O2. The highest BCUT2D eigenvalue weighted by Gasteiger charge is 2.13. The van der Waals surface area contributed by atoms with Crippen molar-refractivity contribution in [2.75, 3.05) is 0 Å². The number of aryl methyl sites for hydroxylation is 2. The van der Waals surface area contributed by atoms with E-state index in [4.69, 9.17) is 10.1 Å².